The molecule has 10 unspecified atom stereocenters. The van der Waals surface area contributed by atoms with E-state index < -0.39 is 10.8 Å². The molecule has 0 N–H and O–H groups in total. The minimum absolute atomic E-state index is 0.428. The number of rotatable bonds is 17. The molecule has 15 rings (SSSR count). The van der Waals surface area contributed by atoms with Gasteiger partial charge in [0.15, 0.2) is 0 Å². The first kappa shape index (κ1) is 98.1. The maximum Gasteiger partial charge on any atom is 0.126 e. The van der Waals surface area contributed by atoms with Crippen LogP contribution in [0.2, 0.25) is 0 Å². The van der Waals surface area contributed by atoms with E-state index in [0.29, 0.717) is 0 Å². The Morgan fingerprint density at radius 2 is 0.479 bits per heavy atom. The molecule has 10 nitrogen and oxygen atoms in total. The summed E-state index contributed by atoms with van der Waals surface area (Å²) in [4.78, 5) is 0. The van der Waals surface area contributed by atoms with Gasteiger partial charge in [0.2, 0.25) is 0 Å². The zero-order valence-electron chi connectivity index (χ0n) is 70.4. The summed E-state index contributed by atoms with van der Waals surface area (Å²) in [6.45, 7) is 3.83. The molecule has 1 aliphatic carbocycles. The summed E-state index contributed by atoms with van der Waals surface area (Å²) in [7, 11) is 47.0. The fourth-order valence-electron chi connectivity index (χ4n) is 14.3. The average Bonchev–Trinajstić information content (AvgIpc) is 1.56. The van der Waals surface area contributed by atoms with Crippen LogP contribution in [0.25, 0.3) is 33.0 Å². The Kier molecular flexibility index (Phi) is 41.5. The van der Waals surface area contributed by atoms with Gasteiger partial charge in [0.1, 0.15) is 46.0 Å². The molecule has 14 aromatic rings. The second-order valence-corrected chi connectivity index (χ2v) is 31.5. The summed E-state index contributed by atoms with van der Waals surface area (Å²) in [5.74, 6) is 6.99. The Labute approximate surface area is 730 Å². The van der Waals surface area contributed by atoms with Crippen molar-refractivity contribution < 1.29 is 47.4 Å². The van der Waals surface area contributed by atoms with Gasteiger partial charge >= 0.3 is 0 Å². The fourth-order valence-corrected chi connectivity index (χ4v) is 17.5. The Morgan fingerprint density at radius 1 is 0.235 bits per heavy atom. The maximum atomic E-state index is 5.55. The van der Waals surface area contributed by atoms with Gasteiger partial charge in [-0.2, -0.15) is 0 Å². The molecule has 0 saturated carbocycles. The minimum atomic E-state index is -0.502. The molecule has 620 valence electrons. The van der Waals surface area contributed by atoms with Crippen molar-refractivity contribution in [2.75, 3.05) is 98.6 Å². The second kappa shape index (κ2) is 50.4. The lowest BCUT2D eigenvalue weighted by molar-refractivity contribution is 0.277. The summed E-state index contributed by atoms with van der Waals surface area (Å²) >= 11 is 0. The van der Waals surface area contributed by atoms with Crippen LogP contribution >= 0.6 is 92.4 Å². The van der Waals surface area contributed by atoms with E-state index in [1.54, 1.807) is 85.3 Å². The third-order valence-corrected chi connectivity index (χ3v) is 23.1. The lowest BCUT2D eigenvalue weighted by atomic mass is 9.65. The van der Waals surface area contributed by atoms with Gasteiger partial charge in [-0.3, -0.25) is 0 Å². The zero-order valence-corrected chi connectivity index (χ0v) is 82.0. The molecule has 0 bridgehead atoms. The van der Waals surface area contributed by atoms with E-state index in [9.17, 15) is 0 Å². The van der Waals surface area contributed by atoms with E-state index in [1.807, 2.05) is 49.7 Å². The van der Waals surface area contributed by atoms with Crippen LogP contribution in [0.1, 0.15) is 55.6 Å². The van der Waals surface area contributed by atoms with Crippen LogP contribution in [-0.4, -0.2) is 98.6 Å². The Hall–Kier alpha value is -8.04. The Morgan fingerprint density at radius 3 is 0.756 bits per heavy atom. The SMILES string of the molecule is COC.COC.COc1ccc(-c2ccc(OC)c(P)c2)cc1P.COc1ccc(C(c2ccccc2)(c2ccccc2)c2ccc(OC)c(P)c2)cc1P.COc1ccc(C2(c3ccc(OC)c(P)c3)c3ccccc3-c3ccccc32)cc1P.COc1ccc(Cc2ccc(OC)c(P)c2)cc1P.CP.CP.c1ccc2ccccc2c1. The van der Waals surface area contributed by atoms with Gasteiger partial charge in [0, 0.05) is 70.9 Å². The third kappa shape index (κ3) is 24.7. The molecule has 0 saturated heterocycles. The van der Waals surface area contributed by atoms with Crippen molar-refractivity contribution >= 4 is 146 Å². The van der Waals surface area contributed by atoms with Gasteiger partial charge < -0.3 is 47.4 Å². The first-order valence-electron chi connectivity index (χ1n) is 38.0. The summed E-state index contributed by atoms with van der Waals surface area (Å²) in [5, 5.41) is 11.0. The highest BCUT2D eigenvalue weighted by molar-refractivity contribution is 7.29. The molecule has 119 heavy (non-hydrogen) atoms. The largest absolute Gasteiger partial charge is 0.496 e. The first-order chi connectivity index (χ1) is 57.8. The van der Waals surface area contributed by atoms with Crippen LogP contribution in [0.3, 0.4) is 0 Å². The minimum Gasteiger partial charge on any atom is -0.496 e. The van der Waals surface area contributed by atoms with E-state index in [4.69, 9.17) is 37.9 Å². The molecule has 0 spiro atoms. The van der Waals surface area contributed by atoms with Crippen molar-refractivity contribution in [3.63, 3.8) is 0 Å². The highest BCUT2D eigenvalue weighted by Gasteiger charge is 2.46. The van der Waals surface area contributed by atoms with Crippen LogP contribution in [0.4, 0.5) is 0 Å². The molecule has 0 heterocycles. The van der Waals surface area contributed by atoms with Crippen molar-refractivity contribution in [2.24, 2.45) is 0 Å². The molecular weight excluding hydrogens is 1660 g/mol. The van der Waals surface area contributed by atoms with Crippen molar-refractivity contribution in [1.29, 1.82) is 0 Å². The highest BCUT2D eigenvalue weighted by atomic mass is 31.0. The molecule has 1 aliphatic rings. The Balaban J connectivity index is 0.000000207. The quantitative estimate of drug-likeness (QED) is 0.0648. The van der Waals surface area contributed by atoms with Crippen molar-refractivity contribution in [3.8, 4) is 68.2 Å². The van der Waals surface area contributed by atoms with Crippen molar-refractivity contribution in [1.82, 2.24) is 0 Å². The summed E-state index contributed by atoms with van der Waals surface area (Å²) < 4.78 is 51.7. The molecule has 0 aliphatic heterocycles. The molecular formula is C99H114O10P10. The summed E-state index contributed by atoms with van der Waals surface area (Å²) in [6.07, 6.45) is 0.900. The van der Waals surface area contributed by atoms with E-state index >= 15 is 0 Å². The van der Waals surface area contributed by atoms with Gasteiger partial charge in [-0.15, -0.1) is 92.4 Å². The number of ether oxygens (including phenoxy) is 10. The number of hydrogen-bond acceptors (Lipinski definition) is 10. The van der Waals surface area contributed by atoms with Gasteiger partial charge in [-0.25, -0.2) is 0 Å². The van der Waals surface area contributed by atoms with Crippen molar-refractivity contribution in [3.05, 3.63) is 359 Å². The molecule has 14 aromatic carbocycles. The first-order valence-corrected chi connectivity index (χ1v) is 44.9. The highest BCUT2D eigenvalue weighted by Crippen LogP contribution is 2.56. The molecule has 0 aromatic heterocycles. The zero-order chi connectivity index (χ0) is 86.6. The predicted octanol–water partition coefficient (Wildman–Crippen LogP) is 19.2. The van der Waals surface area contributed by atoms with Crippen molar-refractivity contribution in [2.45, 2.75) is 17.3 Å². The van der Waals surface area contributed by atoms with Crippen LogP contribution in [0.15, 0.2) is 303 Å². The molecule has 0 radical (unpaired) electrons. The van der Waals surface area contributed by atoms with Crippen LogP contribution < -0.4 is 80.3 Å². The normalized spacial score (nSPS) is 10.9. The molecule has 10 atom stereocenters. The van der Waals surface area contributed by atoms with E-state index in [0.717, 1.165) is 106 Å². The van der Waals surface area contributed by atoms with Crippen LogP contribution in [0.5, 0.6) is 46.0 Å². The molecule has 20 heteroatoms. The van der Waals surface area contributed by atoms with Gasteiger partial charge in [-0.1, -0.05) is 220 Å². The van der Waals surface area contributed by atoms with Crippen LogP contribution in [0, 0.1) is 0 Å². The third-order valence-electron chi connectivity index (χ3n) is 19.5. The summed E-state index contributed by atoms with van der Waals surface area (Å²) in [5.41, 5.74) is 16.2. The maximum absolute atomic E-state index is 5.55. The monoisotopic (exact) mass is 1770 g/mol. The number of methoxy groups -OCH3 is 10. The number of fused-ring (bicyclic) bond motifs is 4. The smallest absolute Gasteiger partial charge is 0.126 e. The summed E-state index contributed by atoms with van der Waals surface area (Å²) in [6, 6.07) is 106. The Bertz CT molecular complexity index is 5030. The van der Waals surface area contributed by atoms with E-state index in [1.165, 1.54) is 77.5 Å². The topological polar surface area (TPSA) is 92.3 Å². The van der Waals surface area contributed by atoms with E-state index in [-0.39, 0.29) is 0 Å². The van der Waals surface area contributed by atoms with Gasteiger partial charge in [-0.05, 0) is 192 Å². The standard InChI is InChI=1S/C27H24O2P2.C27H26O2P2.C15H18O2P2.C14H16O2P2.C10H8.2C2H6O.2CH5P/c1-28-23-13-11-17(15-25(23)30)27(18-12-14-24(29-2)26(31)16-18)21-9-5-3-7-19(21)20-8-4-6-10-22(20)27;1-28-23-15-13-21(17-25(23)30)27(19-9-5-3-6-10-19,20-11-7-4-8-12-20)22-14-16-24(29-2)26(31)18-22;1-16-12-5-3-10(8-14(12)18)7-11-4-6-13(17-2)15(19)9-11;1-15-11-5-3-9(7-13(11)17)10-4-6-12(16-2)14(18)8-10;1-2-6-10-8-4-3-7-9(10)5-1;2*1-3-2;2*1-2/h3-16H,30-31H2,1-2H3;3-18H,30-31H2,1-2H3;3-6,8-9H,7,18-19H2,1-2H3;3-8H,17-18H2,1-2H3;1-8H;2*1-2H3;2*2H2,1H3. The molecule has 0 fully saturated rings. The van der Waals surface area contributed by atoms with Gasteiger partial charge in [0.05, 0.1) is 67.7 Å². The average molecular weight is 1770 g/mol. The predicted molar refractivity (Wildman–Crippen MR) is 544 cm³/mol. The number of hydrogen-bond donors (Lipinski definition) is 0. The van der Waals surface area contributed by atoms with Gasteiger partial charge in [0.25, 0.3) is 0 Å². The molecule has 0 amide bonds. The van der Waals surface area contributed by atoms with Crippen LogP contribution in [-0.2, 0) is 26.7 Å². The lowest BCUT2D eigenvalue weighted by Crippen LogP contribution is -2.32. The van der Waals surface area contributed by atoms with E-state index in [2.05, 4.69) is 369 Å². The lowest BCUT2D eigenvalue weighted by Gasteiger charge is -2.37. The fraction of sp³-hybridized carbons (Fsp3) is 0.172. The second-order valence-electron chi connectivity index (χ2n) is 26.6. The number of benzene rings is 14.